The molecule has 0 saturated heterocycles. The molecule has 114 valence electrons. The van der Waals surface area contributed by atoms with Gasteiger partial charge >= 0.3 is 12.0 Å². The number of anilines is 1. The van der Waals surface area contributed by atoms with Crippen LogP contribution in [0.3, 0.4) is 0 Å². The van der Waals surface area contributed by atoms with Crippen LogP contribution in [0.15, 0.2) is 18.2 Å². The fourth-order valence-corrected chi connectivity index (χ4v) is 1.76. The third-order valence-corrected chi connectivity index (χ3v) is 2.84. The van der Waals surface area contributed by atoms with Crippen molar-refractivity contribution in [2.75, 3.05) is 5.32 Å². The number of hydrogen-bond donors (Lipinski definition) is 3. The van der Waals surface area contributed by atoms with Crippen molar-refractivity contribution >= 4 is 23.4 Å². The number of carbonyl (C=O) groups is 2. The van der Waals surface area contributed by atoms with Crippen LogP contribution in [0.1, 0.15) is 25.3 Å². The molecule has 3 N–H and O–H groups in total. The van der Waals surface area contributed by atoms with E-state index in [-0.39, 0.29) is 11.4 Å². The SMILES string of the molecule is CCC[C@H](NC(=O)Nc1ccc(C)c([N+](=O)[O-])c1)C(=O)O. The molecule has 0 aliphatic heterocycles. The lowest BCUT2D eigenvalue weighted by Crippen LogP contribution is -2.42. The lowest BCUT2D eigenvalue weighted by atomic mass is 10.1. The second kappa shape index (κ2) is 7.22. The molecule has 0 unspecified atom stereocenters. The Morgan fingerprint density at radius 3 is 2.62 bits per heavy atom. The van der Waals surface area contributed by atoms with Crippen LogP contribution in [0.2, 0.25) is 0 Å². The van der Waals surface area contributed by atoms with Gasteiger partial charge in [-0.1, -0.05) is 19.4 Å². The molecule has 8 heteroatoms. The summed E-state index contributed by atoms with van der Waals surface area (Å²) in [5.74, 6) is -1.12. The van der Waals surface area contributed by atoms with Crippen molar-refractivity contribution in [3.63, 3.8) is 0 Å². The zero-order valence-electron chi connectivity index (χ0n) is 11.8. The van der Waals surface area contributed by atoms with Crippen molar-refractivity contribution in [3.05, 3.63) is 33.9 Å². The van der Waals surface area contributed by atoms with Gasteiger partial charge in [-0.05, 0) is 19.4 Å². The maximum atomic E-state index is 11.7. The highest BCUT2D eigenvalue weighted by Gasteiger charge is 2.19. The maximum Gasteiger partial charge on any atom is 0.326 e. The lowest BCUT2D eigenvalue weighted by molar-refractivity contribution is -0.385. The first kappa shape index (κ1) is 16.4. The maximum absolute atomic E-state index is 11.7. The average molecular weight is 295 g/mol. The Morgan fingerprint density at radius 1 is 1.43 bits per heavy atom. The van der Waals surface area contributed by atoms with Crippen molar-refractivity contribution in [2.24, 2.45) is 0 Å². The smallest absolute Gasteiger partial charge is 0.326 e. The van der Waals surface area contributed by atoms with E-state index >= 15 is 0 Å². The number of carboxylic acid groups (broad SMARTS) is 1. The Hall–Kier alpha value is -2.64. The van der Waals surface area contributed by atoms with E-state index in [4.69, 9.17) is 5.11 Å². The minimum absolute atomic E-state index is 0.115. The van der Waals surface area contributed by atoms with Crippen molar-refractivity contribution < 1.29 is 19.6 Å². The van der Waals surface area contributed by atoms with Gasteiger partial charge in [0.25, 0.3) is 5.69 Å². The second-order valence-corrected chi connectivity index (χ2v) is 4.54. The Kier molecular flexibility index (Phi) is 5.65. The molecular weight excluding hydrogens is 278 g/mol. The number of benzene rings is 1. The number of amides is 2. The highest BCUT2D eigenvalue weighted by atomic mass is 16.6. The summed E-state index contributed by atoms with van der Waals surface area (Å²) in [4.78, 5) is 32.9. The average Bonchev–Trinajstić information content (AvgIpc) is 2.40. The number of nitro groups is 1. The number of urea groups is 1. The van der Waals surface area contributed by atoms with Crippen molar-refractivity contribution in [3.8, 4) is 0 Å². The van der Waals surface area contributed by atoms with Crippen LogP contribution < -0.4 is 10.6 Å². The number of hydrogen-bond acceptors (Lipinski definition) is 4. The molecule has 2 amide bonds. The third-order valence-electron chi connectivity index (χ3n) is 2.84. The number of nitrogens with one attached hydrogen (secondary N) is 2. The van der Waals surface area contributed by atoms with Gasteiger partial charge in [-0.3, -0.25) is 10.1 Å². The number of nitro benzene ring substituents is 1. The summed E-state index contributed by atoms with van der Waals surface area (Å²) >= 11 is 0. The summed E-state index contributed by atoms with van der Waals surface area (Å²) < 4.78 is 0. The van der Waals surface area contributed by atoms with Gasteiger partial charge < -0.3 is 15.7 Å². The van der Waals surface area contributed by atoms with Gasteiger partial charge in [0.05, 0.1) is 4.92 Å². The van der Waals surface area contributed by atoms with Gasteiger partial charge in [0.1, 0.15) is 6.04 Å². The Morgan fingerprint density at radius 2 is 2.10 bits per heavy atom. The molecule has 0 bridgehead atoms. The van der Waals surface area contributed by atoms with E-state index in [0.29, 0.717) is 18.4 Å². The number of carboxylic acids is 1. The molecule has 1 aromatic rings. The fraction of sp³-hybridized carbons (Fsp3) is 0.385. The normalized spacial score (nSPS) is 11.5. The highest BCUT2D eigenvalue weighted by Crippen LogP contribution is 2.22. The number of carbonyl (C=O) groups excluding carboxylic acids is 1. The van der Waals surface area contributed by atoms with E-state index in [1.54, 1.807) is 13.8 Å². The fourth-order valence-electron chi connectivity index (χ4n) is 1.76. The van der Waals surface area contributed by atoms with Gasteiger partial charge in [0, 0.05) is 17.3 Å². The third kappa shape index (κ3) is 4.75. The molecule has 1 aromatic carbocycles. The van der Waals surface area contributed by atoms with E-state index in [9.17, 15) is 19.7 Å². The molecule has 21 heavy (non-hydrogen) atoms. The van der Waals surface area contributed by atoms with Gasteiger partial charge in [-0.2, -0.15) is 0 Å². The van der Waals surface area contributed by atoms with Crippen LogP contribution in [-0.4, -0.2) is 28.1 Å². The van der Waals surface area contributed by atoms with Crippen LogP contribution in [0.4, 0.5) is 16.2 Å². The Labute approximate surface area is 121 Å². The predicted molar refractivity (Wildman–Crippen MR) is 76.3 cm³/mol. The quantitative estimate of drug-likeness (QED) is 0.549. The van der Waals surface area contributed by atoms with Crippen LogP contribution in [0.25, 0.3) is 0 Å². The molecule has 0 spiro atoms. The molecule has 0 aliphatic rings. The summed E-state index contributed by atoms with van der Waals surface area (Å²) in [5, 5.41) is 24.5. The van der Waals surface area contributed by atoms with Crippen molar-refractivity contribution in [1.29, 1.82) is 0 Å². The minimum atomic E-state index is -1.12. The summed E-state index contributed by atoms with van der Waals surface area (Å²) in [6.07, 6.45) is 0.907. The first-order valence-electron chi connectivity index (χ1n) is 6.40. The molecule has 0 fully saturated rings. The number of rotatable bonds is 6. The molecule has 0 saturated carbocycles. The predicted octanol–water partition coefficient (Wildman–Crippen LogP) is 2.28. The number of aryl methyl sites for hydroxylation is 1. The standard InChI is InChI=1S/C13H17N3O5/c1-3-4-10(12(17)18)15-13(19)14-9-6-5-8(2)11(7-9)16(20)21/h5-7,10H,3-4H2,1-2H3,(H,17,18)(H2,14,15,19)/t10-/m0/s1. The van der Waals surface area contributed by atoms with E-state index in [1.165, 1.54) is 18.2 Å². The largest absolute Gasteiger partial charge is 0.480 e. The summed E-state index contributed by atoms with van der Waals surface area (Å²) in [6, 6.07) is 2.54. The molecule has 1 atom stereocenters. The van der Waals surface area contributed by atoms with Crippen LogP contribution in [-0.2, 0) is 4.79 Å². The monoisotopic (exact) mass is 295 g/mol. The first-order valence-corrected chi connectivity index (χ1v) is 6.40. The number of nitrogens with zero attached hydrogens (tertiary/aromatic N) is 1. The molecule has 1 rings (SSSR count). The van der Waals surface area contributed by atoms with Gasteiger partial charge in [0.15, 0.2) is 0 Å². The molecule has 0 aromatic heterocycles. The topological polar surface area (TPSA) is 122 Å². The molecule has 8 nitrogen and oxygen atoms in total. The lowest BCUT2D eigenvalue weighted by Gasteiger charge is -2.14. The minimum Gasteiger partial charge on any atom is -0.480 e. The van der Waals surface area contributed by atoms with Crippen LogP contribution >= 0.6 is 0 Å². The first-order chi connectivity index (χ1) is 9.85. The zero-order valence-corrected chi connectivity index (χ0v) is 11.8. The second-order valence-electron chi connectivity index (χ2n) is 4.54. The molecular formula is C13H17N3O5. The molecule has 0 radical (unpaired) electrons. The van der Waals surface area contributed by atoms with Gasteiger partial charge in [0.2, 0.25) is 0 Å². The van der Waals surface area contributed by atoms with E-state index in [1.807, 2.05) is 0 Å². The zero-order chi connectivity index (χ0) is 16.0. The molecule has 0 heterocycles. The van der Waals surface area contributed by atoms with Gasteiger partial charge in [-0.25, -0.2) is 9.59 Å². The summed E-state index contributed by atoms with van der Waals surface area (Å²) in [5.41, 5.74) is 0.585. The van der Waals surface area contributed by atoms with Gasteiger partial charge in [-0.15, -0.1) is 0 Å². The van der Waals surface area contributed by atoms with E-state index in [2.05, 4.69) is 10.6 Å². The Bertz CT molecular complexity index is 559. The van der Waals surface area contributed by atoms with Crippen molar-refractivity contribution in [1.82, 2.24) is 5.32 Å². The highest BCUT2D eigenvalue weighted by molar-refractivity contribution is 5.92. The summed E-state index contributed by atoms with van der Waals surface area (Å²) in [6.45, 7) is 3.39. The number of aliphatic carboxylic acids is 1. The van der Waals surface area contributed by atoms with E-state index < -0.39 is 23.0 Å². The van der Waals surface area contributed by atoms with Crippen LogP contribution in [0, 0.1) is 17.0 Å². The Balaban J connectivity index is 2.77. The summed E-state index contributed by atoms with van der Waals surface area (Å²) in [7, 11) is 0. The van der Waals surface area contributed by atoms with Crippen molar-refractivity contribution in [2.45, 2.75) is 32.7 Å². The van der Waals surface area contributed by atoms with Crippen LogP contribution in [0.5, 0.6) is 0 Å². The van der Waals surface area contributed by atoms with E-state index in [0.717, 1.165) is 0 Å². The molecule has 0 aliphatic carbocycles.